The molecule has 0 radical (unpaired) electrons. The van der Waals surface area contributed by atoms with Gasteiger partial charge in [-0.15, -0.1) is 0 Å². The van der Waals surface area contributed by atoms with Crippen LogP contribution in [0.2, 0.25) is 0 Å². The monoisotopic (exact) mass is 300 g/mol. The molecule has 0 spiro atoms. The van der Waals surface area contributed by atoms with Gasteiger partial charge in [0.15, 0.2) is 0 Å². The molecule has 0 fully saturated rings. The Morgan fingerprint density at radius 1 is 1.00 bits per heavy atom. The maximum Gasteiger partial charge on any atom is 0.243 e. The molecule has 0 saturated carbocycles. The third kappa shape index (κ3) is 12.2. The average molecular weight is 300 g/mol. The molecule has 126 valence electrons. The summed E-state index contributed by atoms with van der Waals surface area (Å²) in [6, 6.07) is 0. The number of nitrogens with one attached hydrogen (secondary N) is 2. The van der Waals surface area contributed by atoms with E-state index in [4.69, 9.17) is 0 Å². The second-order valence-electron chi connectivity index (χ2n) is 5.90. The molecular formula is C17H36N2O2. The molecule has 0 bridgehead atoms. The van der Waals surface area contributed by atoms with E-state index in [1.54, 1.807) is 6.08 Å². The fourth-order valence-electron chi connectivity index (χ4n) is 1.68. The van der Waals surface area contributed by atoms with Gasteiger partial charge < -0.3 is 10.6 Å². The molecule has 2 N–H and O–H groups in total. The summed E-state index contributed by atoms with van der Waals surface area (Å²) in [5.74, 6) is 0.635. The van der Waals surface area contributed by atoms with Crippen LogP contribution in [0.1, 0.15) is 62.7 Å². The molecule has 0 aliphatic rings. The third-order valence-electron chi connectivity index (χ3n) is 3.45. The van der Waals surface area contributed by atoms with Crippen molar-refractivity contribution in [2.24, 2.45) is 11.8 Å². The molecule has 1 atom stereocenters. The second kappa shape index (κ2) is 12.4. The maximum absolute atomic E-state index is 11.5. The standard InChI is InChI=1S/C17H32N2O2.2H2/c1-5-15(4)10-11-16(20)18-12-8-6-7-9-13-19-17(21)14(2)3;;/h10-11,14-15H,5-9,12-13H2,1-4H3,(H,18,20)(H,19,21);2*1H/b11-10+;;. The normalized spacial score (nSPS) is 12.6. The molecular weight excluding hydrogens is 264 g/mol. The van der Waals surface area contributed by atoms with Gasteiger partial charge in [0.2, 0.25) is 11.8 Å². The van der Waals surface area contributed by atoms with E-state index in [-0.39, 0.29) is 20.6 Å². The first kappa shape index (κ1) is 19.7. The van der Waals surface area contributed by atoms with E-state index in [0.717, 1.165) is 45.2 Å². The highest BCUT2D eigenvalue weighted by Gasteiger charge is 2.04. The van der Waals surface area contributed by atoms with E-state index in [0.29, 0.717) is 5.92 Å². The van der Waals surface area contributed by atoms with Crippen LogP contribution in [0.15, 0.2) is 12.2 Å². The molecule has 0 aromatic heterocycles. The Bertz CT molecular complexity index is 335. The second-order valence-corrected chi connectivity index (χ2v) is 5.90. The van der Waals surface area contributed by atoms with Crippen molar-refractivity contribution in [3.8, 4) is 0 Å². The highest BCUT2D eigenvalue weighted by atomic mass is 16.2. The Hall–Kier alpha value is -1.32. The molecule has 0 aromatic carbocycles. The number of hydrogen-bond donors (Lipinski definition) is 2. The van der Waals surface area contributed by atoms with E-state index in [9.17, 15) is 9.59 Å². The van der Waals surface area contributed by atoms with Crippen molar-refractivity contribution in [1.29, 1.82) is 0 Å². The first-order valence-corrected chi connectivity index (χ1v) is 8.21. The lowest BCUT2D eigenvalue weighted by atomic mass is 10.1. The van der Waals surface area contributed by atoms with Gasteiger partial charge in [-0.1, -0.05) is 53.0 Å². The Labute approximate surface area is 132 Å². The molecule has 0 heterocycles. The summed E-state index contributed by atoms with van der Waals surface area (Å²) in [6.07, 6.45) is 8.78. The lowest BCUT2D eigenvalue weighted by Gasteiger charge is -2.07. The summed E-state index contributed by atoms with van der Waals surface area (Å²) in [7, 11) is 0. The molecule has 1 unspecified atom stereocenters. The summed E-state index contributed by atoms with van der Waals surface area (Å²) in [5.41, 5.74) is 0. The largest absolute Gasteiger partial charge is 0.356 e. The van der Waals surface area contributed by atoms with Crippen molar-refractivity contribution in [2.45, 2.75) is 59.8 Å². The zero-order valence-electron chi connectivity index (χ0n) is 14.1. The fraction of sp³-hybridized carbons (Fsp3) is 0.765. The van der Waals surface area contributed by atoms with Crippen LogP contribution in [0, 0.1) is 11.8 Å². The first-order valence-electron chi connectivity index (χ1n) is 8.21. The van der Waals surface area contributed by atoms with Crippen molar-refractivity contribution in [1.82, 2.24) is 10.6 Å². The average Bonchev–Trinajstić information content (AvgIpc) is 2.46. The Kier molecular flexibility index (Phi) is 11.6. The summed E-state index contributed by atoms with van der Waals surface area (Å²) in [6.45, 7) is 9.48. The summed E-state index contributed by atoms with van der Waals surface area (Å²) in [4.78, 5) is 22.8. The molecule has 0 rings (SSSR count). The first-order chi connectivity index (χ1) is 9.97. The van der Waals surface area contributed by atoms with Crippen molar-refractivity contribution < 1.29 is 12.4 Å². The van der Waals surface area contributed by atoms with Crippen LogP contribution in [0.5, 0.6) is 0 Å². The fourth-order valence-corrected chi connectivity index (χ4v) is 1.68. The van der Waals surface area contributed by atoms with Gasteiger partial charge in [-0.25, -0.2) is 0 Å². The SMILES string of the molecule is CCC(C)/C=C/C(=O)NCCCCCCNC(=O)C(C)C.[HH].[HH]. The molecule has 0 aromatic rings. The number of allylic oxidation sites excluding steroid dienone is 1. The van der Waals surface area contributed by atoms with Gasteiger partial charge in [-0.2, -0.15) is 0 Å². The number of carbonyl (C=O) groups excluding carboxylic acids is 2. The van der Waals surface area contributed by atoms with Gasteiger partial charge in [-0.3, -0.25) is 9.59 Å². The molecule has 0 saturated heterocycles. The number of unbranched alkanes of at least 4 members (excludes halogenated alkanes) is 3. The summed E-state index contributed by atoms with van der Waals surface area (Å²) < 4.78 is 0. The summed E-state index contributed by atoms with van der Waals surface area (Å²) >= 11 is 0. The highest BCUT2D eigenvalue weighted by molar-refractivity contribution is 5.87. The minimum atomic E-state index is -0.000466. The van der Waals surface area contributed by atoms with Crippen LogP contribution in [-0.2, 0) is 9.59 Å². The smallest absolute Gasteiger partial charge is 0.243 e. The predicted octanol–water partition coefficient (Wildman–Crippen LogP) is 3.53. The van der Waals surface area contributed by atoms with Gasteiger partial charge in [0.25, 0.3) is 0 Å². The maximum atomic E-state index is 11.5. The van der Waals surface area contributed by atoms with Crippen molar-refractivity contribution >= 4 is 11.8 Å². The van der Waals surface area contributed by atoms with Crippen molar-refractivity contribution in [3.63, 3.8) is 0 Å². The third-order valence-corrected chi connectivity index (χ3v) is 3.45. The van der Waals surface area contributed by atoms with Crippen LogP contribution in [0.3, 0.4) is 0 Å². The molecule has 21 heavy (non-hydrogen) atoms. The number of amides is 2. The summed E-state index contributed by atoms with van der Waals surface area (Å²) in [5, 5.41) is 5.80. The highest BCUT2D eigenvalue weighted by Crippen LogP contribution is 2.01. The predicted molar refractivity (Wildman–Crippen MR) is 92.1 cm³/mol. The van der Waals surface area contributed by atoms with Gasteiger partial charge >= 0.3 is 0 Å². The quantitative estimate of drug-likeness (QED) is 0.453. The van der Waals surface area contributed by atoms with Crippen LogP contribution < -0.4 is 10.6 Å². The van der Waals surface area contributed by atoms with Crippen LogP contribution in [-0.4, -0.2) is 24.9 Å². The van der Waals surface area contributed by atoms with E-state index >= 15 is 0 Å². The number of rotatable bonds is 11. The topological polar surface area (TPSA) is 58.2 Å². The van der Waals surface area contributed by atoms with Crippen molar-refractivity contribution in [2.75, 3.05) is 13.1 Å². The minimum Gasteiger partial charge on any atom is -0.356 e. The van der Waals surface area contributed by atoms with Gasteiger partial charge in [0.05, 0.1) is 0 Å². The molecule has 0 aliphatic heterocycles. The van der Waals surface area contributed by atoms with Crippen LogP contribution >= 0.6 is 0 Å². The zero-order valence-corrected chi connectivity index (χ0v) is 14.1. The van der Waals surface area contributed by atoms with Gasteiger partial charge in [0, 0.05) is 21.9 Å². The van der Waals surface area contributed by atoms with Crippen molar-refractivity contribution in [3.05, 3.63) is 12.2 Å². The van der Waals surface area contributed by atoms with Gasteiger partial charge in [-0.05, 0) is 24.8 Å². The van der Waals surface area contributed by atoms with E-state index in [1.807, 2.05) is 19.9 Å². The van der Waals surface area contributed by atoms with Crippen LogP contribution in [0.4, 0.5) is 0 Å². The molecule has 2 amide bonds. The molecule has 4 nitrogen and oxygen atoms in total. The molecule has 0 aliphatic carbocycles. The Balaban J connectivity index is -0.00000200. The zero-order chi connectivity index (χ0) is 16.1. The molecule has 4 heteroatoms. The van der Waals surface area contributed by atoms with E-state index < -0.39 is 0 Å². The van der Waals surface area contributed by atoms with E-state index in [1.165, 1.54) is 0 Å². The lowest BCUT2D eigenvalue weighted by molar-refractivity contribution is -0.124. The van der Waals surface area contributed by atoms with Gasteiger partial charge in [0.1, 0.15) is 0 Å². The number of carbonyl (C=O) groups is 2. The lowest BCUT2D eigenvalue weighted by Crippen LogP contribution is -2.28. The van der Waals surface area contributed by atoms with E-state index in [2.05, 4.69) is 24.5 Å². The Morgan fingerprint density at radius 2 is 1.57 bits per heavy atom. The Morgan fingerprint density at radius 3 is 2.10 bits per heavy atom. The van der Waals surface area contributed by atoms with Crippen LogP contribution in [0.25, 0.3) is 0 Å². The minimum absolute atomic E-state index is 0. The number of hydrogen-bond acceptors (Lipinski definition) is 2.